The van der Waals surface area contributed by atoms with E-state index < -0.39 is 0 Å². The zero-order valence-electron chi connectivity index (χ0n) is 20.3. The molecule has 0 amide bonds. The van der Waals surface area contributed by atoms with Crippen molar-refractivity contribution in [3.05, 3.63) is 35.9 Å². The summed E-state index contributed by atoms with van der Waals surface area (Å²) in [4.78, 5) is 10.0. The van der Waals surface area contributed by atoms with Crippen molar-refractivity contribution < 1.29 is 4.74 Å². The molecule has 1 aromatic carbocycles. The normalized spacial score (nSPS) is 21.5. The summed E-state index contributed by atoms with van der Waals surface area (Å²) in [5.41, 5.74) is 1.79. The van der Waals surface area contributed by atoms with Crippen molar-refractivity contribution in [3.63, 3.8) is 0 Å². The fourth-order valence-corrected chi connectivity index (χ4v) is 4.78. The fourth-order valence-electron chi connectivity index (χ4n) is 4.78. The molecular weight excluding hydrogens is 513 g/mol. The maximum absolute atomic E-state index is 5.32. The highest BCUT2D eigenvalue weighted by Crippen LogP contribution is 2.44. The quantitative estimate of drug-likeness (QED) is 0.188. The molecule has 1 heterocycles. The zero-order valence-corrected chi connectivity index (χ0v) is 22.6. The second-order valence-corrected chi connectivity index (χ2v) is 9.30. The Bertz CT molecular complexity index is 668. The van der Waals surface area contributed by atoms with Crippen LogP contribution in [0.4, 0.5) is 0 Å². The Balaban J connectivity index is 0.00000363. The maximum atomic E-state index is 5.32. The van der Waals surface area contributed by atoms with Crippen LogP contribution in [-0.2, 0) is 4.74 Å². The van der Waals surface area contributed by atoms with Gasteiger partial charge in [-0.05, 0) is 50.6 Å². The van der Waals surface area contributed by atoms with Gasteiger partial charge >= 0.3 is 0 Å². The molecule has 0 spiro atoms. The monoisotopic (exact) mass is 557 g/mol. The van der Waals surface area contributed by atoms with Crippen LogP contribution in [0.25, 0.3) is 0 Å². The molecule has 32 heavy (non-hydrogen) atoms. The Morgan fingerprint density at radius 2 is 1.97 bits per heavy atom. The first-order valence-corrected chi connectivity index (χ1v) is 12.1. The van der Waals surface area contributed by atoms with Crippen molar-refractivity contribution in [1.82, 2.24) is 20.4 Å². The third kappa shape index (κ3) is 8.15. The predicted molar refractivity (Wildman–Crippen MR) is 145 cm³/mol. The summed E-state index contributed by atoms with van der Waals surface area (Å²) in [7, 11) is 4.03. The molecule has 7 heteroatoms. The standard InChI is InChI=1S/C25H43N5O.HI/c1-4-26-24(28-21-25(12-8-13-25)14-19-31-3)27-15-9-16-30-18-17-29(2)20-23(30)22-10-6-5-7-11-22;/h5-7,10-11,23H,4,8-9,12-21H2,1-3H3,(H2,26,27,28);1H. The largest absolute Gasteiger partial charge is 0.385 e. The van der Waals surface area contributed by atoms with Gasteiger partial charge in [-0.3, -0.25) is 9.89 Å². The molecule has 1 saturated carbocycles. The number of aliphatic imine (C=N–C) groups is 1. The molecule has 1 aliphatic carbocycles. The van der Waals surface area contributed by atoms with E-state index in [0.717, 1.165) is 71.2 Å². The molecule has 1 aromatic rings. The molecule has 0 radical (unpaired) electrons. The lowest BCUT2D eigenvalue weighted by atomic mass is 9.67. The van der Waals surface area contributed by atoms with Crippen LogP contribution in [0.3, 0.4) is 0 Å². The van der Waals surface area contributed by atoms with Crippen molar-refractivity contribution in [2.45, 2.75) is 45.1 Å². The Morgan fingerprint density at radius 1 is 1.19 bits per heavy atom. The zero-order chi connectivity index (χ0) is 21.9. The van der Waals surface area contributed by atoms with E-state index in [-0.39, 0.29) is 24.0 Å². The summed E-state index contributed by atoms with van der Waals surface area (Å²) in [6.45, 7) is 10.2. The lowest BCUT2D eigenvalue weighted by Crippen LogP contribution is -2.47. The summed E-state index contributed by atoms with van der Waals surface area (Å²) in [5.74, 6) is 0.962. The highest BCUT2D eigenvalue weighted by atomic mass is 127. The molecule has 2 N–H and O–H groups in total. The maximum Gasteiger partial charge on any atom is 0.191 e. The fraction of sp³-hybridized carbons (Fsp3) is 0.720. The third-order valence-electron chi connectivity index (χ3n) is 6.96. The molecule has 1 saturated heterocycles. The number of hydrogen-bond acceptors (Lipinski definition) is 4. The Labute approximate surface area is 212 Å². The Morgan fingerprint density at radius 3 is 2.62 bits per heavy atom. The van der Waals surface area contributed by atoms with E-state index in [0.29, 0.717) is 11.5 Å². The molecule has 1 atom stereocenters. The van der Waals surface area contributed by atoms with Crippen LogP contribution in [-0.4, -0.2) is 82.3 Å². The van der Waals surface area contributed by atoms with Crippen LogP contribution < -0.4 is 10.6 Å². The number of halogens is 1. The summed E-state index contributed by atoms with van der Waals surface area (Å²) in [6, 6.07) is 11.4. The van der Waals surface area contributed by atoms with Gasteiger partial charge < -0.3 is 20.3 Å². The number of benzene rings is 1. The summed E-state index contributed by atoms with van der Waals surface area (Å²) in [5, 5.41) is 7.00. The van der Waals surface area contributed by atoms with E-state index in [1.807, 2.05) is 0 Å². The van der Waals surface area contributed by atoms with Crippen LogP contribution in [0.2, 0.25) is 0 Å². The number of piperazine rings is 1. The predicted octanol–water partition coefficient (Wildman–Crippen LogP) is 3.75. The smallest absolute Gasteiger partial charge is 0.191 e. The van der Waals surface area contributed by atoms with Gasteiger partial charge in [0.1, 0.15) is 0 Å². The number of guanidine groups is 1. The van der Waals surface area contributed by atoms with E-state index in [2.05, 4.69) is 64.7 Å². The number of methoxy groups -OCH3 is 1. The van der Waals surface area contributed by atoms with E-state index in [1.165, 1.54) is 24.8 Å². The van der Waals surface area contributed by atoms with Gasteiger partial charge in [0.2, 0.25) is 0 Å². The molecule has 0 aromatic heterocycles. The molecule has 6 nitrogen and oxygen atoms in total. The molecular formula is C25H44IN5O. The van der Waals surface area contributed by atoms with Gasteiger partial charge in [-0.1, -0.05) is 36.8 Å². The summed E-state index contributed by atoms with van der Waals surface area (Å²) in [6.07, 6.45) is 6.13. The second kappa shape index (κ2) is 14.4. The van der Waals surface area contributed by atoms with Crippen LogP contribution >= 0.6 is 24.0 Å². The van der Waals surface area contributed by atoms with Crippen molar-refractivity contribution >= 4 is 29.9 Å². The average molecular weight is 558 g/mol. The lowest BCUT2D eigenvalue weighted by Gasteiger charge is -2.41. The summed E-state index contributed by atoms with van der Waals surface area (Å²) >= 11 is 0. The van der Waals surface area contributed by atoms with Crippen molar-refractivity contribution in [2.75, 3.05) is 66.6 Å². The minimum Gasteiger partial charge on any atom is -0.385 e. The first kappa shape index (κ1) is 27.3. The van der Waals surface area contributed by atoms with Gasteiger partial charge in [0, 0.05) is 65.6 Å². The Kier molecular flexibility index (Phi) is 12.3. The third-order valence-corrected chi connectivity index (χ3v) is 6.96. The first-order valence-electron chi connectivity index (χ1n) is 12.1. The van der Waals surface area contributed by atoms with Gasteiger partial charge in [-0.2, -0.15) is 0 Å². The molecule has 1 unspecified atom stereocenters. The molecule has 0 bridgehead atoms. The van der Waals surface area contributed by atoms with Gasteiger partial charge in [-0.15, -0.1) is 24.0 Å². The minimum atomic E-state index is 0. The van der Waals surface area contributed by atoms with Crippen molar-refractivity contribution in [3.8, 4) is 0 Å². The van der Waals surface area contributed by atoms with Gasteiger partial charge in [-0.25, -0.2) is 0 Å². The topological polar surface area (TPSA) is 52.1 Å². The Hall–Kier alpha value is -0.900. The van der Waals surface area contributed by atoms with Crippen molar-refractivity contribution in [1.29, 1.82) is 0 Å². The molecule has 1 aliphatic heterocycles. The van der Waals surface area contributed by atoms with Crippen LogP contribution in [0, 0.1) is 5.41 Å². The molecule has 2 aliphatic rings. The van der Waals surface area contributed by atoms with E-state index >= 15 is 0 Å². The number of nitrogens with one attached hydrogen (secondary N) is 2. The molecule has 3 rings (SSSR count). The lowest BCUT2D eigenvalue weighted by molar-refractivity contribution is 0.0778. The number of hydrogen-bond donors (Lipinski definition) is 2. The van der Waals surface area contributed by atoms with E-state index in [9.17, 15) is 0 Å². The molecule has 182 valence electrons. The number of nitrogens with zero attached hydrogens (tertiary/aromatic N) is 3. The molecule has 2 fully saturated rings. The van der Waals surface area contributed by atoms with Gasteiger partial charge in [0.05, 0.1) is 0 Å². The second-order valence-electron chi connectivity index (χ2n) is 9.30. The van der Waals surface area contributed by atoms with E-state index in [1.54, 1.807) is 7.11 Å². The van der Waals surface area contributed by atoms with Gasteiger partial charge in [0.25, 0.3) is 0 Å². The average Bonchev–Trinajstić information content (AvgIpc) is 2.77. The van der Waals surface area contributed by atoms with Crippen LogP contribution in [0.15, 0.2) is 35.3 Å². The van der Waals surface area contributed by atoms with E-state index in [4.69, 9.17) is 9.73 Å². The summed E-state index contributed by atoms with van der Waals surface area (Å²) < 4.78 is 5.32. The number of rotatable bonds is 11. The van der Waals surface area contributed by atoms with Crippen LogP contribution in [0.5, 0.6) is 0 Å². The first-order chi connectivity index (χ1) is 15.2. The number of likely N-dealkylation sites (N-methyl/N-ethyl adjacent to an activating group) is 1. The van der Waals surface area contributed by atoms with Gasteiger partial charge in [0.15, 0.2) is 5.96 Å². The van der Waals surface area contributed by atoms with Crippen LogP contribution in [0.1, 0.15) is 50.6 Å². The highest BCUT2D eigenvalue weighted by Gasteiger charge is 2.36. The number of ether oxygens (including phenoxy) is 1. The SMILES string of the molecule is CCNC(=NCC1(CCOC)CCC1)NCCCN1CCN(C)CC1c1ccccc1.I. The van der Waals surface area contributed by atoms with Crippen molar-refractivity contribution in [2.24, 2.45) is 10.4 Å². The highest BCUT2D eigenvalue weighted by molar-refractivity contribution is 14.0. The minimum absolute atomic E-state index is 0.